The van der Waals surface area contributed by atoms with Crippen molar-refractivity contribution in [3.63, 3.8) is 0 Å². The number of carbonyl (C=O) groups excluding carboxylic acids is 2. The molecule has 0 amide bonds. The van der Waals surface area contributed by atoms with Crippen LogP contribution < -0.4 is 0 Å². The molecule has 0 radical (unpaired) electrons. The zero-order valence-corrected chi connectivity index (χ0v) is 9.76. The molecule has 17 heavy (non-hydrogen) atoms. The summed E-state index contributed by atoms with van der Waals surface area (Å²) in [4.78, 5) is 33.0. The number of carboxylic acids is 1. The van der Waals surface area contributed by atoms with Crippen LogP contribution in [0, 0.1) is 0 Å². The summed E-state index contributed by atoms with van der Waals surface area (Å²) in [5, 5.41) is 8.53. The van der Waals surface area contributed by atoms with Gasteiger partial charge in [0.1, 0.15) is 0 Å². The molecule has 0 aliphatic carbocycles. The Morgan fingerprint density at radius 2 is 2.12 bits per heavy atom. The van der Waals surface area contributed by atoms with Crippen LogP contribution in [-0.2, 0) is 28.6 Å². The van der Waals surface area contributed by atoms with Gasteiger partial charge in [-0.15, -0.1) is 0 Å². The molecule has 1 aliphatic heterocycles. The van der Waals surface area contributed by atoms with Gasteiger partial charge in [-0.1, -0.05) is 0 Å². The number of hydrogen-bond acceptors (Lipinski definition) is 6. The SMILES string of the molecule is CC(OC(=O)C[C@@H]1OC(C)(C)OC1=O)C(=O)O. The van der Waals surface area contributed by atoms with Crippen molar-refractivity contribution >= 4 is 17.9 Å². The second-order valence-corrected chi connectivity index (χ2v) is 4.10. The lowest BCUT2D eigenvalue weighted by Crippen LogP contribution is -2.28. The van der Waals surface area contributed by atoms with E-state index in [1.807, 2.05) is 0 Å². The Labute approximate surface area is 97.6 Å². The van der Waals surface area contributed by atoms with E-state index in [-0.39, 0.29) is 6.42 Å². The maximum absolute atomic E-state index is 11.3. The van der Waals surface area contributed by atoms with Crippen LogP contribution in [0.2, 0.25) is 0 Å². The molecular weight excluding hydrogens is 232 g/mol. The van der Waals surface area contributed by atoms with Crippen molar-refractivity contribution in [2.75, 3.05) is 0 Å². The fourth-order valence-corrected chi connectivity index (χ4v) is 1.29. The van der Waals surface area contributed by atoms with E-state index >= 15 is 0 Å². The van der Waals surface area contributed by atoms with E-state index in [0.717, 1.165) is 0 Å². The Morgan fingerprint density at radius 1 is 1.53 bits per heavy atom. The second-order valence-electron chi connectivity index (χ2n) is 4.10. The van der Waals surface area contributed by atoms with Crippen molar-refractivity contribution in [1.29, 1.82) is 0 Å². The standard InChI is InChI=1S/C10H14O7/c1-5(8(12)13)15-7(11)4-6-9(14)17-10(2,3)16-6/h5-6H,4H2,1-3H3,(H,12,13)/t5?,6-/m0/s1. The molecule has 0 aromatic rings. The first-order valence-electron chi connectivity index (χ1n) is 5.04. The largest absolute Gasteiger partial charge is 0.479 e. The number of carboxylic acid groups (broad SMARTS) is 1. The first-order valence-corrected chi connectivity index (χ1v) is 5.04. The zero-order chi connectivity index (χ0) is 13.2. The Morgan fingerprint density at radius 3 is 2.53 bits per heavy atom. The maximum Gasteiger partial charge on any atom is 0.344 e. The van der Waals surface area contributed by atoms with Crippen molar-refractivity contribution in [2.45, 2.75) is 45.2 Å². The van der Waals surface area contributed by atoms with Crippen molar-refractivity contribution in [3.05, 3.63) is 0 Å². The molecule has 2 atom stereocenters. The monoisotopic (exact) mass is 246 g/mol. The minimum absolute atomic E-state index is 0.361. The third kappa shape index (κ3) is 3.70. The van der Waals surface area contributed by atoms with Crippen LogP contribution in [0.15, 0.2) is 0 Å². The Bertz CT molecular complexity index is 347. The Kier molecular flexibility index (Phi) is 3.72. The van der Waals surface area contributed by atoms with Crippen LogP contribution in [0.5, 0.6) is 0 Å². The minimum atomic E-state index is -1.26. The van der Waals surface area contributed by atoms with E-state index < -0.39 is 35.9 Å². The van der Waals surface area contributed by atoms with E-state index in [2.05, 4.69) is 4.74 Å². The van der Waals surface area contributed by atoms with Gasteiger partial charge in [0.05, 0.1) is 6.42 Å². The van der Waals surface area contributed by atoms with Gasteiger partial charge in [-0.25, -0.2) is 9.59 Å². The maximum atomic E-state index is 11.3. The molecule has 0 aromatic heterocycles. The zero-order valence-electron chi connectivity index (χ0n) is 9.76. The number of hydrogen-bond donors (Lipinski definition) is 1. The number of carbonyl (C=O) groups is 3. The van der Waals surface area contributed by atoms with Gasteiger partial charge in [-0.05, 0) is 6.92 Å². The van der Waals surface area contributed by atoms with E-state index in [0.29, 0.717) is 0 Å². The van der Waals surface area contributed by atoms with E-state index in [4.69, 9.17) is 14.6 Å². The third-order valence-electron chi connectivity index (χ3n) is 2.04. The smallest absolute Gasteiger partial charge is 0.344 e. The van der Waals surface area contributed by atoms with Crippen molar-refractivity contribution < 1.29 is 33.7 Å². The molecule has 7 nitrogen and oxygen atoms in total. The number of cyclic esters (lactones) is 1. The minimum Gasteiger partial charge on any atom is -0.479 e. The van der Waals surface area contributed by atoms with Crippen LogP contribution in [0.3, 0.4) is 0 Å². The average Bonchev–Trinajstić information content (AvgIpc) is 2.38. The van der Waals surface area contributed by atoms with Crippen LogP contribution in [0.25, 0.3) is 0 Å². The quantitative estimate of drug-likeness (QED) is 0.700. The van der Waals surface area contributed by atoms with Crippen LogP contribution in [0.1, 0.15) is 27.2 Å². The van der Waals surface area contributed by atoms with E-state index in [1.165, 1.54) is 20.8 Å². The molecule has 1 aliphatic rings. The third-order valence-corrected chi connectivity index (χ3v) is 2.04. The highest BCUT2D eigenvalue weighted by Crippen LogP contribution is 2.25. The highest BCUT2D eigenvalue weighted by atomic mass is 16.8. The predicted octanol–water partition coefficient (Wildman–Crippen LogP) is 0.0709. The van der Waals surface area contributed by atoms with E-state index in [1.54, 1.807) is 0 Å². The number of ether oxygens (including phenoxy) is 3. The first-order chi connectivity index (χ1) is 7.71. The van der Waals surface area contributed by atoms with Crippen LogP contribution in [-0.4, -0.2) is 41.0 Å². The van der Waals surface area contributed by atoms with Gasteiger partial charge in [-0.2, -0.15) is 0 Å². The number of rotatable bonds is 4. The number of aliphatic carboxylic acids is 1. The lowest BCUT2D eigenvalue weighted by molar-refractivity contribution is -0.167. The first kappa shape index (κ1) is 13.4. The summed E-state index contributed by atoms with van der Waals surface area (Å²) < 4.78 is 14.5. The highest BCUT2D eigenvalue weighted by Gasteiger charge is 2.42. The normalized spacial score (nSPS) is 23.9. The molecule has 0 aromatic carbocycles. The Hall–Kier alpha value is -1.63. The molecule has 1 N–H and O–H groups in total. The second kappa shape index (κ2) is 4.70. The summed E-state index contributed by atoms with van der Waals surface area (Å²) in [5.41, 5.74) is 0. The van der Waals surface area contributed by atoms with Crippen molar-refractivity contribution in [2.24, 2.45) is 0 Å². The van der Waals surface area contributed by atoms with Gasteiger partial charge < -0.3 is 19.3 Å². The van der Waals surface area contributed by atoms with Crippen LogP contribution in [0.4, 0.5) is 0 Å². The summed E-state index contributed by atoms with van der Waals surface area (Å²) >= 11 is 0. The molecule has 96 valence electrons. The van der Waals surface area contributed by atoms with Gasteiger partial charge in [0.2, 0.25) is 5.79 Å². The molecule has 1 heterocycles. The molecule has 1 fully saturated rings. The fourth-order valence-electron chi connectivity index (χ4n) is 1.29. The van der Waals surface area contributed by atoms with Crippen molar-refractivity contribution in [3.8, 4) is 0 Å². The predicted molar refractivity (Wildman–Crippen MR) is 52.9 cm³/mol. The lowest BCUT2D eigenvalue weighted by Gasteiger charge is -2.15. The topological polar surface area (TPSA) is 99.1 Å². The van der Waals surface area contributed by atoms with Gasteiger partial charge in [-0.3, -0.25) is 4.79 Å². The molecule has 0 bridgehead atoms. The Balaban J connectivity index is 2.47. The molecule has 7 heteroatoms. The molecule has 1 saturated heterocycles. The summed E-state index contributed by atoms with van der Waals surface area (Å²) in [6, 6.07) is 0. The lowest BCUT2D eigenvalue weighted by atomic mass is 10.2. The average molecular weight is 246 g/mol. The van der Waals surface area contributed by atoms with Crippen molar-refractivity contribution in [1.82, 2.24) is 0 Å². The summed E-state index contributed by atoms with van der Waals surface area (Å²) in [5.74, 6) is -3.80. The molecule has 1 unspecified atom stereocenters. The molecular formula is C10H14O7. The van der Waals surface area contributed by atoms with Gasteiger partial charge in [0.15, 0.2) is 12.2 Å². The van der Waals surface area contributed by atoms with Crippen LogP contribution >= 0.6 is 0 Å². The molecule has 0 spiro atoms. The fraction of sp³-hybridized carbons (Fsp3) is 0.700. The highest BCUT2D eigenvalue weighted by molar-refractivity contribution is 5.84. The van der Waals surface area contributed by atoms with Gasteiger partial charge in [0, 0.05) is 13.8 Å². The molecule has 0 saturated carbocycles. The summed E-state index contributed by atoms with van der Waals surface area (Å²) in [7, 11) is 0. The summed E-state index contributed by atoms with van der Waals surface area (Å²) in [6.07, 6.45) is -2.66. The molecule has 1 rings (SSSR count). The van der Waals surface area contributed by atoms with Gasteiger partial charge in [0.25, 0.3) is 0 Å². The summed E-state index contributed by atoms with van der Waals surface area (Å²) in [6.45, 7) is 4.30. The van der Waals surface area contributed by atoms with Gasteiger partial charge >= 0.3 is 17.9 Å². The van der Waals surface area contributed by atoms with E-state index in [9.17, 15) is 14.4 Å². The number of esters is 2.